The summed E-state index contributed by atoms with van der Waals surface area (Å²) in [7, 11) is 0. The summed E-state index contributed by atoms with van der Waals surface area (Å²) in [6.45, 7) is 9.57. The summed E-state index contributed by atoms with van der Waals surface area (Å²) in [6, 6.07) is 5.67. The molecule has 3 nitrogen and oxygen atoms in total. The number of rotatable bonds is 5. The van der Waals surface area contributed by atoms with E-state index in [1.807, 2.05) is 18.2 Å². The Bertz CT molecular complexity index is 581. The molecule has 0 bridgehead atoms. The van der Waals surface area contributed by atoms with Crippen LogP contribution in [0.5, 0.6) is 0 Å². The van der Waals surface area contributed by atoms with E-state index in [1.54, 1.807) is 16.8 Å². The predicted molar refractivity (Wildman–Crippen MR) is 85.1 cm³/mol. The van der Waals surface area contributed by atoms with Crippen LogP contribution in [0.3, 0.4) is 0 Å². The average Bonchev–Trinajstić information content (AvgIpc) is 2.84. The standard InChI is InChI=1S/C16H22N2OS/c1-10(2)13(11(3)4)8-17-16(19)12-5-6-14-15(7-12)20-9-18-14/h5-7,9-11,13H,8H2,1-4H3,(H,17,19). The maximum absolute atomic E-state index is 12.2. The molecule has 1 N–H and O–H groups in total. The van der Waals surface area contributed by atoms with Crippen molar-refractivity contribution in [2.45, 2.75) is 27.7 Å². The van der Waals surface area contributed by atoms with Crippen molar-refractivity contribution >= 4 is 27.5 Å². The number of amides is 1. The summed E-state index contributed by atoms with van der Waals surface area (Å²) in [5.41, 5.74) is 3.47. The van der Waals surface area contributed by atoms with E-state index in [0.29, 0.717) is 23.3 Å². The first-order valence-corrected chi connectivity index (χ1v) is 7.98. The Morgan fingerprint density at radius 1 is 1.25 bits per heavy atom. The third-order valence-electron chi connectivity index (χ3n) is 3.80. The number of aromatic nitrogens is 1. The van der Waals surface area contributed by atoms with Crippen molar-refractivity contribution in [1.29, 1.82) is 0 Å². The van der Waals surface area contributed by atoms with Crippen molar-refractivity contribution in [3.05, 3.63) is 29.3 Å². The van der Waals surface area contributed by atoms with E-state index in [-0.39, 0.29) is 5.91 Å². The van der Waals surface area contributed by atoms with Crippen LogP contribution in [0.1, 0.15) is 38.1 Å². The molecule has 0 aliphatic rings. The monoisotopic (exact) mass is 290 g/mol. The second-order valence-electron chi connectivity index (χ2n) is 5.90. The molecule has 4 heteroatoms. The maximum atomic E-state index is 12.2. The highest BCUT2D eigenvalue weighted by molar-refractivity contribution is 7.16. The minimum atomic E-state index is 0.00611. The van der Waals surface area contributed by atoms with Gasteiger partial charge in [-0.2, -0.15) is 0 Å². The van der Waals surface area contributed by atoms with Crippen LogP contribution in [0.4, 0.5) is 0 Å². The van der Waals surface area contributed by atoms with Gasteiger partial charge in [0.1, 0.15) is 0 Å². The summed E-state index contributed by atoms with van der Waals surface area (Å²) < 4.78 is 1.06. The Morgan fingerprint density at radius 3 is 2.60 bits per heavy atom. The molecule has 1 aromatic heterocycles. The van der Waals surface area contributed by atoms with E-state index < -0.39 is 0 Å². The van der Waals surface area contributed by atoms with E-state index in [1.165, 1.54) is 0 Å². The first kappa shape index (κ1) is 15.0. The summed E-state index contributed by atoms with van der Waals surface area (Å²) in [5, 5.41) is 3.06. The molecule has 108 valence electrons. The Balaban J connectivity index is 2.04. The van der Waals surface area contributed by atoms with Crippen LogP contribution in [0.25, 0.3) is 10.2 Å². The number of hydrogen-bond acceptors (Lipinski definition) is 3. The largest absolute Gasteiger partial charge is 0.352 e. The van der Waals surface area contributed by atoms with Crippen molar-refractivity contribution in [3.8, 4) is 0 Å². The maximum Gasteiger partial charge on any atom is 0.251 e. The fourth-order valence-corrected chi connectivity index (χ4v) is 3.27. The molecule has 0 radical (unpaired) electrons. The number of carbonyl (C=O) groups excluding carboxylic acids is 1. The molecular formula is C16H22N2OS. The van der Waals surface area contributed by atoms with Gasteiger partial charge in [0.2, 0.25) is 0 Å². The molecule has 2 rings (SSSR count). The molecule has 1 amide bonds. The third kappa shape index (κ3) is 3.37. The van der Waals surface area contributed by atoms with Crippen molar-refractivity contribution in [3.63, 3.8) is 0 Å². The highest BCUT2D eigenvalue weighted by Crippen LogP contribution is 2.21. The number of carbonyl (C=O) groups is 1. The van der Waals surface area contributed by atoms with Crippen molar-refractivity contribution < 1.29 is 4.79 Å². The molecule has 20 heavy (non-hydrogen) atoms. The number of hydrogen-bond donors (Lipinski definition) is 1. The Kier molecular flexibility index (Phi) is 4.76. The highest BCUT2D eigenvalue weighted by Gasteiger charge is 2.18. The van der Waals surface area contributed by atoms with Crippen LogP contribution in [0.2, 0.25) is 0 Å². The van der Waals surface area contributed by atoms with Gasteiger partial charge >= 0.3 is 0 Å². The van der Waals surface area contributed by atoms with Gasteiger partial charge in [-0.25, -0.2) is 4.98 Å². The molecule has 0 saturated carbocycles. The van der Waals surface area contributed by atoms with Gasteiger partial charge in [0, 0.05) is 12.1 Å². The van der Waals surface area contributed by atoms with Crippen LogP contribution in [0, 0.1) is 17.8 Å². The second kappa shape index (κ2) is 6.35. The summed E-state index contributed by atoms with van der Waals surface area (Å²) in [5.74, 6) is 1.65. The number of nitrogens with one attached hydrogen (secondary N) is 1. The number of fused-ring (bicyclic) bond motifs is 1. The van der Waals surface area contributed by atoms with Gasteiger partial charge in [-0.05, 0) is 36.0 Å². The zero-order valence-electron chi connectivity index (χ0n) is 12.5. The average molecular weight is 290 g/mol. The minimum Gasteiger partial charge on any atom is -0.352 e. The van der Waals surface area contributed by atoms with E-state index in [4.69, 9.17) is 0 Å². The van der Waals surface area contributed by atoms with Gasteiger partial charge in [-0.1, -0.05) is 27.7 Å². The van der Waals surface area contributed by atoms with Gasteiger partial charge in [0.05, 0.1) is 15.7 Å². The van der Waals surface area contributed by atoms with Crippen LogP contribution < -0.4 is 5.32 Å². The van der Waals surface area contributed by atoms with E-state index in [9.17, 15) is 4.79 Å². The highest BCUT2D eigenvalue weighted by atomic mass is 32.1. The summed E-state index contributed by atoms with van der Waals surface area (Å²) >= 11 is 1.56. The summed E-state index contributed by atoms with van der Waals surface area (Å²) in [6.07, 6.45) is 0. The molecule has 1 aromatic carbocycles. The molecule has 0 saturated heterocycles. The molecule has 0 aliphatic carbocycles. The topological polar surface area (TPSA) is 42.0 Å². The molecule has 1 heterocycles. The van der Waals surface area contributed by atoms with E-state index in [0.717, 1.165) is 16.8 Å². The second-order valence-corrected chi connectivity index (χ2v) is 6.78. The lowest BCUT2D eigenvalue weighted by Gasteiger charge is -2.25. The molecule has 0 unspecified atom stereocenters. The normalized spacial score (nSPS) is 11.8. The zero-order chi connectivity index (χ0) is 14.7. The molecule has 2 aromatic rings. The van der Waals surface area contributed by atoms with Gasteiger partial charge in [0.15, 0.2) is 0 Å². The zero-order valence-corrected chi connectivity index (χ0v) is 13.3. The molecule has 0 spiro atoms. The molecule has 0 aliphatic heterocycles. The Labute approximate surface area is 124 Å². The van der Waals surface area contributed by atoms with Gasteiger partial charge in [-0.3, -0.25) is 4.79 Å². The Morgan fingerprint density at radius 2 is 1.95 bits per heavy atom. The Hall–Kier alpha value is -1.42. The molecule has 0 atom stereocenters. The molecule has 0 fully saturated rings. The van der Waals surface area contributed by atoms with Crippen molar-refractivity contribution in [2.75, 3.05) is 6.54 Å². The number of nitrogens with zero attached hydrogens (tertiary/aromatic N) is 1. The van der Waals surface area contributed by atoms with Crippen molar-refractivity contribution in [1.82, 2.24) is 10.3 Å². The predicted octanol–water partition coefficient (Wildman–Crippen LogP) is 3.95. The first-order chi connectivity index (χ1) is 9.49. The fourth-order valence-electron chi connectivity index (χ4n) is 2.55. The van der Waals surface area contributed by atoms with Crippen molar-refractivity contribution in [2.24, 2.45) is 17.8 Å². The number of benzene rings is 1. The number of thiazole rings is 1. The first-order valence-electron chi connectivity index (χ1n) is 7.10. The van der Waals surface area contributed by atoms with Gasteiger partial charge in [0.25, 0.3) is 5.91 Å². The van der Waals surface area contributed by atoms with Crippen LogP contribution in [-0.2, 0) is 0 Å². The van der Waals surface area contributed by atoms with Crippen LogP contribution in [-0.4, -0.2) is 17.4 Å². The minimum absolute atomic E-state index is 0.00611. The fraction of sp³-hybridized carbons (Fsp3) is 0.500. The summed E-state index contributed by atoms with van der Waals surface area (Å²) in [4.78, 5) is 16.5. The SMILES string of the molecule is CC(C)C(CNC(=O)c1ccc2ncsc2c1)C(C)C. The quantitative estimate of drug-likeness (QED) is 0.905. The van der Waals surface area contributed by atoms with Gasteiger partial charge < -0.3 is 5.32 Å². The smallest absolute Gasteiger partial charge is 0.251 e. The lowest BCUT2D eigenvalue weighted by atomic mass is 9.85. The van der Waals surface area contributed by atoms with Crippen LogP contribution in [0.15, 0.2) is 23.7 Å². The van der Waals surface area contributed by atoms with Gasteiger partial charge in [-0.15, -0.1) is 11.3 Å². The molecular weight excluding hydrogens is 268 g/mol. The third-order valence-corrected chi connectivity index (χ3v) is 4.60. The van der Waals surface area contributed by atoms with Crippen LogP contribution >= 0.6 is 11.3 Å². The van der Waals surface area contributed by atoms with E-state index >= 15 is 0 Å². The lowest BCUT2D eigenvalue weighted by Crippen LogP contribution is -2.33. The lowest BCUT2D eigenvalue weighted by molar-refractivity contribution is 0.0937. The van der Waals surface area contributed by atoms with E-state index in [2.05, 4.69) is 38.0 Å².